The van der Waals surface area contributed by atoms with Crippen molar-refractivity contribution in [2.75, 3.05) is 0 Å². The predicted octanol–water partition coefficient (Wildman–Crippen LogP) is 4.19. The van der Waals surface area contributed by atoms with E-state index in [4.69, 9.17) is 4.74 Å². The van der Waals surface area contributed by atoms with E-state index in [-0.39, 0.29) is 22.8 Å². The maximum Gasteiger partial charge on any atom is 0.328 e. The second-order valence-electron chi connectivity index (χ2n) is 8.40. The van der Waals surface area contributed by atoms with Crippen molar-refractivity contribution in [3.05, 3.63) is 29.8 Å². The van der Waals surface area contributed by atoms with Gasteiger partial charge in [0.05, 0.1) is 10.8 Å². The van der Waals surface area contributed by atoms with Gasteiger partial charge in [-0.2, -0.15) is 0 Å². The van der Waals surface area contributed by atoms with Crippen LogP contribution in [0.25, 0.3) is 0 Å². The van der Waals surface area contributed by atoms with Crippen LogP contribution in [0.15, 0.2) is 29.2 Å². The molecule has 0 radical (unpaired) electrons. The zero-order valence-electron chi connectivity index (χ0n) is 17.6. The molecule has 1 aromatic carbocycles. The minimum Gasteiger partial charge on any atom is -0.458 e. The van der Waals surface area contributed by atoms with Gasteiger partial charge >= 0.3 is 12.0 Å². The molecule has 2 N–H and O–H groups in total. The molecule has 8 heteroatoms. The number of carbonyl (C=O) groups excluding carboxylic acids is 2. The molecule has 0 aliphatic heterocycles. The maximum absolute atomic E-state index is 12.5. The summed E-state index contributed by atoms with van der Waals surface area (Å²) in [5, 5.41) is 2.74. The van der Waals surface area contributed by atoms with Gasteiger partial charge in [-0.3, -0.25) is 4.79 Å². The summed E-state index contributed by atoms with van der Waals surface area (Å²) in [6, 6.07) is 5.42. The van der Waals surface area contributed by atoms with Crippen LogP contribution in [-0.4, -0.2) is 26.5 Å². The number of benzene rings is 1. The van der Waals surface area contributed by atoms with Crippen LogP contribution in [-0.2, 0) is 19.6 Å². The minimum atomic E-state index is -3.96. The normalized spacial score (nSPS) is 19.6. The van der Waals surface area contributed by atoms with Crippen LogP contribution in [0, 0.1) is 5.92 Å². The number of esters is 1. The highest BCUT2D eigenvalue weighted by Crippen LogP contribution is 2.27. The molecular formula is C22H32N2O5S. The molecule has 2 fully saturated rings. The Labute approximate surface area is 179 Å². The van der Waals surface area contributed by atoms with Crippen LogP contribution in [0.2, 0.25) is 0 Å². The fourth-order valence-electron chi connectivity index (χ4n) is 4.24. The Bertz CT molecular complexity index is 826. The molecule has 1 unspecified atom stereocenters. The van der Waals surface area contributed by atoms with E-state index in [9.17, 15) is 18.0 Å². The molecule has 0 aromatic heterocycles. The van der Waals surface area contributed by atoms with E-state index in [2.05, 4.69) is 10.0 Å². The number of sulfonamides is 1. The van der Waals surface area contributed by atoms with Gasteiger partial charge in [0.1, 0.15) is 6.10 Å². The van der Waals surface area contributed by atoms with Crippen molar-refractivity contribution in [2.45, 2.75) is 88.2 Å². The van der Waals surface area contributed by atoms with Gasteiger partial charge in [-0.15, -0.1) is 0 Å². The van der Waals surface area contributed by atoms with Crippen molar-refractivity contribution in [2.24, 2.45) is 5.92 Å². The summed E-state index contributed by atoms with van der Waals surface area (Å²) < 4.78 is 32.6. The highest BCUT2D eigenvalue weighted by atomic mass is 32.2. The van der Waals surface area contributed by atoms with Crippen molar-refractivity contribution < 1.29 is 22.7 Å². The van der Waals surface area contributed by atoms with Gasteiger partial charge in [-0.05, 0) is 50.3 Å². The molecule has 30 heavy (non-hydrogen) atoms. The average molecular weight is 437 g/mol. The lowest BCUT2D eigenvalue weighted by molar-refractivity contribution is -0.154. The first kappa shape index (κ1) is 22.6. The number of rotatable bonds is 6. The van der Waals surface area contributed by atoms with E-state index >= 15 is 0 Å². The molecule has 1 aromatic rings. The lowest BCUT2D eigenvalue weighted by Crippen LogP contribution is -2.45. The predicted molar refractivity (Wildman–Crippen MR) is 113 cm³/mol. The van der Waals surface area contributed by atoms with Crippen LogP contribution >= 0.6 is 0 Å². The first-order valence-electron chi connectivity index (χ1n) is 11.0. The average Bonchev–Trinajstić information content (AvgIpc) is 2.74. The fourth-order valence-corrected chi connectivity index (χ4v) is 5.15. The van der Waals surface area contributed by atoms with Gasteiger partial charge in [0.2, 0.25) is 0 Å². The van der Waals surface area contributed by atoms with E-state index in [1.807, 2.05) is 0 Å². The van der Waals surface area contributed by atoms with E-state index in [1.165, 1.54) is 18.6 Å². The summed E-state index contributed by atoms with van der Waals surface area (Å²) in [7, 11) is -3.96. The van der Waals surface area contributed by atoms with Crippen LogP contribution < -0.4 is 10.0 Å². The molecule has 7 nitrogen and oxygen atoms in total. The Hall–Kier alpha value is -2.09. The van der Waals surface area contributed by atoms with Crippen molar-refractivity contribution in [3.63, 3.8) is 0 Å². The maximum atomic E-state index is 12.5. The van der Waals surface area contributed by atoms with Crippen molar-refractivity contribution in [1.29, 1.82) is 0 Å². The van der Waals surface area contributed by atoms with E-state index < -0.39 is 22.2 Å². The second-order valence-corrected chi connectivity index (χ2v) is 10.1. The topological polar surface area (TPSA) is 102 Å². The zero-order chi connectivity index (χ0) is 21.6. The third-order valence-corrected chi connectivity index (χ3v) is 7.41. The van der Waals surface area contributed by atoms with Gasteiger partial charge in [0.25, 0.3) is 10.0 Å². The number of hydrogen-bond acceptors (Lipinski definition) is 5. The van der Waals surface area contributed by atoms with E-state index in [1.54, 1.807) is 19.1 Å². The Morgan fingerprint density at radius 3 is 2.10 bits per heavy atom. The molecule has 0 heterocycles. The van der Waals surface area contributed by atoms with Crippen LogP contribution in [0.4, 0.5) is 4.79 Å². The lowest BCUT2D eigenvalue weighted by Gasteiger charge is -2.23. The first-order chi connectivity index (χ1) is 14.3. The molecule has 2 aliphatic carbocycles. The summed E-state index contributed by atoms with van der Waals surface area (Å²) in [6.07, 6.45) is 9.56. The highest BCUT2D eigenvalue weighted by Gasteiger charge is 2.25. The standard InChI is InChI=1S/C22H32N2O5S/c1-16(29-21(25)18-8-4-2-5-9-18)17-12-14-20(15-13-17)30(27,28)24-22(26)23-19-10-6-3-7-11-19/h12-16,18-19H,2-11H2,1H3,(H2,23,24,26). The molecular weight excluding hydrogens is 404 g/mol. The van der Waals surface area contributed by atoms with Crippen LogP contribution in [0.1, 0.15) is 82.8 Å². The highest BCUT2D eigenvalue weighted by molar-refractivity contribution is 7.90. The SMILES string of the molecule is CC(OC(=O)C1CCCCC1)c1ccc(S(=O)(=O)NC(=O)NC2CCCCC2)cc1. The van der Waals surface area contributed by atoms with Gasteiger partial charge in [0, 0.05) is 6.04 Å². The molecule has 0 spiro atoms. The first-order valence-corrected chi connectivity index (χ1v) is 12.5. The Morgan fingerprint density at radius 1 is 0.933 bits per heavy atom. The van der Waals surface area contributed by atoms with Crippen LogP contribution in [0.3, 0.4) is 0 Å². The van der Waals surface area contributed by atoms with Crippen molar-refractivity contribution >= 4 is 22.0 Å². The minimum absolute atomic E-state index is 0.00384. The number of amides is 2. The van der Waals surface area contributed by atoms with Gasteiger partial charge in [0.15, 0.2) is 0 Å². The number of urea groups is 1. The molecule has 2 amide bonds. The third kappa shape index (κ3) is 6.20. The Balaban J connectivity index is 1.55. The van der Waals surface area contributed by atoms with Gasteiger partial charge < -0.3 is 10.1 Å². The molecule has 0 saturated heterocycles. The summed E-state index contributed by atoms with van der Waals surface area (Å²) in [6.45, 7) is 1.78. The number of carbonyl (C=O) groups is 2. The summed E-state index contributed by atoms with van der Waals surface area (Å²) in [5.74, 6) is -0.215. The van der Waals surface area contributed by atoms with Gasteiger partial charge in [-0.1, -0.05) is 50.7 Å². The summed E-state index contributed by atoms with van der Waals surface area (Å²) in [4.78, 5) is 24.4. The molecule has 2 saturated carbocycles. The Kier molecular flexibility index (Phi) is 7.75. The monoisotopic (exact) mass is 436 g/mol. The zero-order valence-corrected chi connectivity index (χ0v) is 18.4. The quantitative estimate of drug-likeness (QED) is 0.651. The number of ether oxygens (including phenoxy) is 1. The Morgan fingerprint density at radius 2 is 1.50 bits per heavy atom. The van der Waals surface area contributed by atoms with Crippen molar-refractivity contribution in [1.82, 2.24) is 10.0 Å². The lowest BCUT2D eigenvalue weighted by atomic mass is 9.89. The largest absolute Gasteiger partial charge is 0.458 e. The summed E-state index contributed by atoms with van der Waals surface area (Å²) >= 11 is 0. The molecule has 1 atom stereocenters. The fraction of sp³-hybridized carbons (Fsp3) is 0.636. The number of hydrogen-bond donors (Lipinski definition) is 2. The third-order valence-electron chi connectivity index (χ3n) is 6.06. The number of nitrogens with one attached hydrogen (secondary N) is 2. The van der Waals surface area contributed by atoms with Crippen molar-refractivity contribution in [3.8, 4) is 0 Å². The summed E-state index contributed by atoms with van der Waals surface area (Å²) in [5.41, 5.74) is 0.713. The molecule has 2 aliphatic rings. The van der Waals surface area contributed by atoms with Crippen LogP contribution in [0.5, 0.6) is 0 Å². The second kappa shape index (κ2) is 10.3. The smallest absolute Gasteiger partial charge is 0.328 e. The molecule has 3 rings (SSSR count). The molecule has 0 bridgehead atoms. The van der Waals surface area contributed by atoms with E-state index in [0.717, 1.165) is 57.8 Å². The molecule has 166 valence electrons. The van der Waals surface area contributed by atoms with Gasteiger partial charge in [-0.25, -0.2) is 17.9 Å². The van der Waals surface area contributed by atoms with E-state index in [0.29, 0.717) is 5.56 Å².